The summed E-state index contributed by atoms with van der Waals surface area (Å²) in [5.74, 6) is 0.733. The van der Waals surface area contributed by atoms with Gasteiger partial charge in [0.1, 0.15) is 0 Å². The highest BCUT2D eigenvalue weighted by atomic mass is 15.0. The molecule has 0 fully saturated rings. The van der Waals surface area contributed by atoms with Crippen molar-refractivity contribution in [3.63, 3.8) is 0 Å². The zero-order valence-electron chi connectivity index (χ0n) is 10.8. The van der Waals surface area contributed by atoms with Crippen molar-refractivity contribution in [2.45, 2.75) is 39.8 Å². The number of hydrogen-bond acceptors (Lipinski definition) is 1. The first-order valence-corrected chi connectivity index (χ1v) is 6.52. The predicted octanol–water partition coefficient (Wildman–Crippen LogP) is 3.54. The number of benzene rings is 1. The molecule has 0 aliphatic heterocycles. The molecule has 92 valence electrons. The molecule has 2 N–H and O–H groups in total. The summed E-state index contributed by atoms with van der Waals surface area (Å²) in [5.41, 5.74) is 8.22. The third kappa shape index (κ3) is 2.70. The second kappa shape index (κ2) is 5.37. The van der Waals surface area contributed by atoms with E-state index < -0.39 is 0 Å². The van der Waals surface area contributed by atoms with Crippen molar-refractivity contribution >= 4 is 10.9 Å². The molecule has 17 heavy (non-hydrogen) atoms. The number of nitrogens with zero attached hydrogens (tertiary/aromatic N) is 1. The summed E-state index contributed by atoms with van der Waals surface area (Å²) in [6, 6.07) is 8.68. The Kier molecular flexibility index (Phi) is 3.85. The highest BCUT2D eigenvalue weighted by Gasteiger charge is 2.06. The minimum Gasteiger partial charge on any atom is -0.347 e. The summed E-state index contributed by atoms with van der Waals surface area (Å²) >= 11 is 0. The van der Waals surface area contributed by atoms with Crippen LogP contribution in [0.15, 0.2) is 30.5 Å². The van der Waals surface area contributed by atoms with Crippen LogP contribution in [0, 0.1) is 5.92 Å². The van der Waals surface area contributed by atoms with Crippen LogP contribution in [0.2, 0.25) is 0 Å². The number of fused-ring (bicyclic) bond motifs is 1. The van der Waals surface area contributed by atoms with Gasteiger partial charge in [-0.3, -0.25) is 0 Å². The lowest BCUT2D eigenvalue weighted by molar-refractivity contribution is 0.453. The van der Waals surface area contributed by atoms with E-state index in [1.165, 1.54) is 29.3 Å². The van der Waals surface area contributed by atoms with Crippen molar-refractivity contribution in [1.82, 2.24) is 4.57 Å². The normalized spacial score (nSPS) is 13.1. The van der Waals surface area contributed by atoms with Crippen LogP contribution in [-0.4, -0.2) is 4.57 Å². The molecule has 2 heteroatoms. The smallest absolute Gasteiger partial charge is 0.0483 e. The van der Waals surface area contributed by atoms with Gasteiger partial charge in [0.05, 0.1) is 0 Å². The molecule has 1 aromatic carbocycles. The summed E-state index contributed by atoms with van der Waals surface area (Å²) in [6.07, 6.45) is 4.74. The van der Waals surface area contributed by atoms with Gasteiger partial charge in [-0.1, -0.05) is 32.4 Å². The molecule has 0 saturated heterocycles. The van der Waals surface area contributed by atoms with Crippen molar-refractivity contribution in [2.75, 3.05) is 0 Å². The highest BCUT2D eigenvalue weighted by Crippen LogP contribution is 2.20. The molecule has 0 aliphatic carbocycles. The first kappa shape index (κ1) is 12.2. The van der Waals surface area contributed by atoms with Gasteiger partial charge in [-0.25, -0.2) is 0 Å². The maximum absolute atomic E-state index is 5.70. The average Bonchev–Trinajstić information content (AvgIpc) is 2.72. The molecule has 1 atom stereocenters. The molecular weight excluding hydrogens is 208 g/mol. The van der Waals surface area contributed by atoms with Gasteiger partial charge in [0.25, 0.3) is 0 Å². The summed E-state index contributed by atoms with van der Waals surface area (Å²) in [6.45, 7) is 6.29. The van der Waals surface area contributed by atoms with E-state index in [9.17, 15) is 0 Å². The predicted molar refractivity (Wildman–Crippen MR) is 73.9 cm³/mol. The van der Waals surface area contributed by atoms with E-state index >= 15 is 0 Å². The fourth-order valence-electron chi connectivity index (χ4n) is 2.44. The van der Waals surface area contributed by atoms with Crippen LogP contribution in [0.1, 0.15) is 32.3 Å². The second-order valence-electron chi connectivity index (χ2n) is 4.96. The number of nitrogens with two attached hydrogens (primary N) is 1. The molecule has 1 aromatic heterocycles. The van der Waals surface area contributed by atoms with Crippen molar-refractivity contribution in [2.24, 2.45) is 11.7 Å². The molecule has 0 amide bonds. The topological polar surface area (TPSA) is 30.9 Å². The van der Waals surface area contributed by atoms with Crippen LogP contribution in [0.4, 0.5) is 0 Å². The second-order valence-corrected chi connectivity index (χ2v) is 4.96. The third-order valence-corrected chi connectivity index (χ3v) is 3.36. The van der Waals surface area contributed by atoms with E-state index in [-0.39, 0.29) is 0 Å². The van der Waals surface area contributed by atoms with Crippen molar-refractivity contribution < 1.29 is 0 Å². The van der Waals surface area contributed by atoms with E-state index in [1.807, 2.05) is 0 Å². The Bertz CT molecular complexity index is 485. The Hall–Kier alpha value is -1.28. The Morgan fingerprint density at radius 2 is 2.12 bits per heavy atom. The summed E-state index contributed by atoms with van der Waals surface area (Å²) in [4.78, 5) is 0. The largest absolute Gasteiger partial charge is 0.347 e. The molecule has 0 radical (unpaired) electrons. The van der Waals surface area contributed by atoms with Gasteiger partial charge in [0.2, 0.25) is 0 Å². The van der Waals surface area contributed by atoms with Crippen LogP contribution >= 0.6 is 0 Å². The summed E-state index contributed by atoms with van der Waals surface area (Å²) in [7, 11) is 0. The molecule has 0 bridgehead atoms. The van der Waals surface area contributed by atoms with Crippen molar-refractivity contribution in [3.8, 4) is 0 Å². The Labute approximate surface area is 103 Å². The standard InChI is InChI=1S/C15H22N2/c1-3-4-12(2)11-17-8-7-14-6-5-13(10-16)9-15(14)17/h5-9,12H,3-4,10-11,16H2,1-2H3. The summed E-state index contributed by atoms with van der Waals surface area (Å²) < 4.78 is 2.36. The van der Waals surface area contributed by atoms with Crippen LogP contribution in [0.5, 0.6) is 0 Å². The van der Waals surface area contributed by atoms with E-state index in [0.717, 1.165) is 12.5 Å². The number of aromatic nitrogens is 1. The van der Waals surface area contributed by atoms with Crippen LogP contribution in [0.25, 0.3) is 10.9 Å². The summed E-state index contributed by atoms with van der Waals surface area (Å²) in [5, 5.41) is 1.31. The lowest BCUT2D eigenvalue weighted by Crippen LogP contribution is -2.06. The first-order valence-electron chi connectivity index (χ1n) is 6.52. The van der Waals surface area contributed by atoms with Gasteiger partial charge in [-0.05, 0) is 35.4 Å². The van der Waals surface area contributed by atoms with Crippen LogP contribution in [-0.2, 0) is 13.1 Å². The average molecular weight is 230 g/mol. The number of rotatable bonds is 5. The molecule has 1 unspecified atom stereocenters. The van der Waals surface area contributed by atoms with Gasteiger partial charge in [-0.15, -0.1) is 0 Å². The van der Waals surface area contributed by atoms with Crippen molar-refractivity contribution in [1.29, 1.82) is 0 Å². The van der Waals surface area contributed by atoms with E-state index in [0.29, 0.717) is 6.54 Å². The van der Waals surface area contributed by atoms with Gasteiger partial charge in [0.15, 0.2) is 0 Å². The molecule has 0 spiro atoms. The van der Waals surface area contributed by atoms with Gasteiger partial charge < -0.3 is 10.3 Å². The van der Waals surface area contributed by atoms with Gasteiger partial charge in [0, 0.05) is 24.8 Å². The monoisotopic (exact) mass is 230 g/mol. The van der Waals surface area contributed by atoms with E-state index in [2.05, 4.69) is 48.9 Å². The molecule has 0 aliphatic rings. The molecule has 2 rings (SSSR count). The third-order valence-electron chi connectivity index (χ3n) is 3.36. The lowest BCUT2D eigenvalue weighted by atomic mass is 10.1. The molecule has 2 nitrogen and oxygen atoms in total. The zero-order chi connectivity index (χ0) is 12.3. The van der Waals surface area contributed by atoms with Crippen LogP contribution < -0.4 is 5.73 Å². The van der Waals surface area contributed by atoms with Gasteiger partial charge >= 0.3 is 0 Å². The molecule has 2 aromatic rings. The van der Waals surface area contributed by atoms with Gasteiger partial charge in [-0.2, -0.15) is 0 Å². The minimum absolute atomic E-state index is 0.617. The fraction of sp³-hybridized carbons (Fsp3) is 0.467. The number of hydrogen-bond donors (Lipinski definition) is 1. The highest BCUT2D eigenvalue weighted by molar-refractivity contribution is 5.80. The molecular formula is C15H22N2. The quantitative estimate of drug-likeness (QED) is 0.837. The Balaban J connectivity index is 2.27. The maximum Gasteiger partial charge on any atom is 0.0483 e. The Morgan fingerprint density at radius 1 is 1.29 bits per heavy atom. The maximum atomic E-state index is 5.70. The van der Waals surface area contributed by atoms with E-state index in [1.54, 1.807) is 0 Å². The zero-order valence-corrected chi connectivity index (χ0v) is 10.8. The lowest BCUT2D eigenvalue weighted by Gasteiger charge is -2.12. The Morgan fingerprint density at radius 3 is 2.82 bits per heavy atom. The molecule has 0 saturated carbocycles. The van der Waals surface area contributed by atoms with Crippen molar-refractivity contribution in [3.05, 3.63) is 36.0 Å². The van der Waals surface area contributed by atoms with Crippen LogP contribution in [0.3, 0.4) is 0 Å². The fourth-order valence-corrected chi connectivity index (χ4v) is 2.44. The first-order chi connectivity index (χ1) is 8.24. The minimum atomic E-state index is 0.617. The van der Waals surface area contributed by atoms with E-state index in [4.69, 9.17) is 5.73 Å². The molecule has 1 heterocycles. The SMILES string of the molecule is CCCC(C)Cn1ccc2ccc(CN)cc21.